The number of hydrogen-bond acceptors (Lipinski definition) is 4. The molecule has 6 nitrogen and oxygen atoms in total. The number of carbonyl (C=O) groups is 1. The molecule has 0 aromatic heterocycles. The molecular weight excluding hydrogens is 458 g/mol. The third kappa shape index (κ3) is 5.41. The van der Waals surface area contributed by atoms with E-state index in [1.165, 1.54) is 0 Å². The first-order chi connectivity index (χ1) is 16.6. The second-order valence-electron chi connectivity index (χ2n) is 9.57. The summed E-state index contributed by atoms with van der Waals surface area (Å²) in [6.07, 6.45) is 1.39. The number of hydrogen-bond donors (Lipinski definition) is 2. The van der Waals surface area contributed by atoms with E-state index in [9.17, 15) is 13.2 Å². The van der Waals surface area contributed by atoms with E-state index in [0.29, 0.717) is 18.5 Å². The highest BCUT2D eigenvalue weighted by Crippen LogP contribution is 2.39. The van der Waals surface area contributed by atoms with Gasteiger partial charge in [0.2, 0.25) is 10.0 Å². The van der Waals surface area contributed by atoms with Crippen LogP contribution in [0, 0.1) is 0 Å². The van der Waals surface area contributed by atoms with Crippen molar-refractivity contribution in [3.05, 3.63) is 89.5 Å². The second-order valence-corrected chi connectivity index (χ2v) is 11.3. The Morgan fingerprint density at radius 3 is 2.34 bits per heavy atom. The topological polar surface area (TPSA) is 78.5 Å². The van der Waals surface area contributed by atoms with Gasteiger partial charge in [0.15, 0.2) is 0 Å². The van der Waals surface area contributed by atoms with Crippen molar-refractivity contribution in [2.24, 2.45) is 0 Å². The zero-order valence-corrected chi connectivity index (χ0v) is 21.5. The molecule has 2 N–H and O–H groups in total. The molecule has 0 fully saturated rings. The molecule has 35 heavy (non-hydrogen) atoms. The van der Waals surface area contributed by atoms with E-state index in [4.69, 9.17) is 0 Å². The number of fused-ring (bicyclic) bond motifs is 1. The Morgan fingerprint density at radius 2 is 1.71 bits per heavy atom. The molecule has 0 spiro atoms. The number of aryl methyl sites for hydroxylation is 1. The molecule has 0 radical (unpaired) electrons. The van der Waals surface area contributed by atoms with Gasteiger partial charge in [-0.05, 0) is 87.2 Å². The van der Waals surface area contributed by atoms with Crippen LogP contribution in [0.2, 0.25) is 0 Å². The van der Waals surface area contributed by atoms with Gasteiger partial charge in [0.05, 0.1) is 10.9 Å². The molecule has 3 aromatic carbocycles. The van der Waals surface area contributed by atoms with Crippen molar-refractivity contribution < 1.29 is 13.2 Å². The molecule has 4 rings (SSSR count). The first-order valence-corrected chi connectivity index (χ1v) is 13.5. The Bertz CT molecular complexity index is 1300. The molecule has 1 aliphatic rings. The van der Waals surface area contributed by atoms with E-state index in [1.54, 1.807) is 23.1 Å². The second kappa shape index (κ2) is 9.84. The van der Waals surface area contributed by atoms with Gasteiger partial charge in [0.1, 0.15) is 0 Å². The van der Waals surface area contributed by atoms with Crippen LogP contribution in [0.4, 0.5) is 11.4 Å². The zero-order chi connectivity index (χ0) is 25.2. The first-order valence-electron chi connectivity index (χ1n) is 12.0. The van der Waals surface area contributed by atoms with E-state index in [-0.39, 0.29) is 16.3 Å². The highest BCUT2D eigenvalue weighted by atomic mass is 32.2. The van der Waals surface area contributed by atoms with Gasteiger partial charge in [-0.2, -0.15) is 0 Å². The normalized spacial score (nSPS) is 16.7. The van der Waals surface area contributed by atoms with E-state index in [1.807, 2.05) is 82.3 Å². The van der Waals surface area contributed by atoms with E-state index in [2.05, 4.69) is 10.0 Å². The third-order valence-corrected chi connectivity index (χ3v) is 7.92. The molecule has 0 aliphatic carbocycles. The van der Waals surface area contributed by atoms with Gasteiger partial charge in [-0.15, -0.1) is 0 Å². The van der Waals surface area contributed by atoms with Crippen molar-refractivity contribution in [2.75, 3.05) is 16.8 Å². The fourth-order valence-electron chi connectivity index (χ4n) is 4.61. The Hall–Kier alpha value is -3.16. The van der Waals surface area contributed by atoms with Crippen LogP contribution in [-0.2, 0) is 16.4 Å². The van der Waals surface area contributed by atoms with Crippen LogP contribution in [0.3, 0.4) is 0 Å². The summed E-state index contributed by atoms with van der Waals surface area (Å²) in [4.78, 5) is 15.4. The number of benzene rings is 3. The van der Waals surface area contributed by atoms with Gasteiger partial charge in [0.25, 0.3) is 5.91 Å². The number of para-hydroxylation sites is 1. The van der Waals surface area contributed by atoms with Crippen LogP contribution in [0.1, 0.15) is 61.6 Å². The molecule has 1 amide bonds. The predicted octanol–water partition coefficient (Wildman–Crippen LogP) is 5.53. The number of carbonyl (C=O) groups excluding carboxylic acids is 1. The Kier molecular flexibility index (Phi) is 7.01. The number of nitrogens with zero attached hydrogens (tertiary/aromatic N) is 1. The quantitative estimate of drug-likeness (QED) is 0.456. The lowest BCUT2D eigenvalue weighted by atomic mass is 9.85. The van der Waals surface area contributed by atoms with Crippen LogP contribution in [-0.4, -0.2) is 26.4 Å². The van der Waals surface area contributed by atoms with Crippen LogP contribution >= 0.6 is 0 Å². The van der Waals surface area contributed by atoms with Crippen molar-refractivity contribution >= 4 is 27.3 Å². The van der Waals surface area contributed by atoms with E-state index in [0.717, 1.165) is 28.9 Å². The van der Waals surface area contributed by atoms with Gasteiger partial charge in [-0.3, -0.25) is 4.79 Å². The number of anilines is 2. The molecule has 0 saturated heterocycles. The molecule has 1 aliphatic heterocycles. The average Bonchev–Trinajstić information content (AvgIpc) is 2.84. The molecule has 1 atom stereocenters. The summed E-state index contributed by atoms with van der Waals surface area (Å²) in [5, 5.41) is 3.49. The van der Waals surface area contributed by atoms with E-state index < -0.39 is 16.1 Å². The molecule has 7 heteroatoms. The third-order valence-electron chi connectivity index (χ3n) is 6.43. The lowest BCUT2D eigenvalue weighted by Gasteiger charge is -2.39. The average molecular weight is 492 g/mol. The van der Waals surface area contributed by atoms with Gasteiger partial charge in [-0.1, -0.05) is 37.3 Å². The highest BCUT2D eigenvalue weighted by molar-refractivity contribution is 7.89. The van der Waals surface area contributed by atoms with Crippen molar-refractivity contribution in [3.63, 3.8) is 0 Å². The summed E-state index contributed by atoms with van der Waals surface area (Å²) in [6.45, 7) is 8.58. The molecule has 0 bridgehead atoms. The minimum Gasteiger partial charge on any atom is -0.380 e. The molecular formula is C28H33N3O3S. The van der Waals surface area contributed by atoms with Gasteiger partial charge in [-0.25, -0.2) is 13.1 Å². The largest absolute Gasteiger partial charge is 0.380 e. The van der Waals surface area contributed by atoms with Crippen LogP contribution in [0.15, 0.2) is 77.7 Å². The number of amides is 1. The fraction of sp³-hybridized carbons (Fsp3) is 0.321. The molecule has 0 saturated carbocycles. The van der Waals surface area contributed by atoms with Crippen LogP contribution < -0.4 is 14.9 Å². The molecule has 184 valence electrons. The first kappa shape index (κ1) is 24.9. The smallest absolute Gasteiger partial charge is 0.258 e. The summed E-state index contributed by atoms with van der Waals surface area (Å²) in [5.74, 6) is -0.122. The minimum atomic E-state index is -3.75. The Labute approximate surface area is 208 Å². The Balaban J connectivity index is 1.68. The Morgan fingerprint density at radius 1 is 1.03 bits per heavy atom. The van der Waals surface area contributed by atoms with Crippen molar-refractivity contribution in [1.29, 1.82) is 0 Å². The predicted molar refractivity (Wildman–Crippen MR) is 141 cm³/mol. The van der Waals surface area contributed by atoms with Crippen molar-refractivity contribution in [1.82, 2.24) is 4.72 Å². The van der Waals surface area contributed by atoms with Gasteiger partial charge in [0, 0.05) is 29.0 Å². The maximum atomic E-state index is 13.4. The van der Waals surface area contributed by atoms with Crippen molar-refractivity contribution in [2.45, 2.75) is 57.0 Å². The van der Waals surface area contributed by atoms with E-state index >= 15 is 0 Å². The minimum absolute atomic E-state index is 0.122. The fourth-order valence-corrected chi connectivity index (χ4v) is 5.82. The summed E-state index contributed by atoms with van der Waals surface area (Å²) in [7, 11) is -3.75. The maximum absolute atomic E-state index is 13.4. The maximum Gasteiger partial charge on any atom is 0.258 e. The molecule has 1 heterocycles. The lowest BCUT2D eigenvalue weighted by molar-refractivity contribution is 0.0988. The lowest BCUT2D eigenvalue weighted by Crippen LogP contribution is -2.43. The standard InChI is InChI=1S/C28H33N3O3S/c1-5-20-12-15-23(16-13-20)35(33,34)30-26-19-28(3,4)29-25-17-14-21(18-24(25)26)27(32)31(6-2)22-10-8-7-9-11-22/h7-18,26,29-30H,5-6,19H2,1-4H3/t26-/m0/s1. The summed E-state index contributed by atoms with van der Waals surface area (Å²) in [5.41, 5.74) is 3.70. The van der Waals surface area contributed by atoms with Gasteiger partial charge < -0.3 is 10.2 Å². The monoisotopic (exact) mass is 491 g/mol. The summed E-state index contributed by atoms with van der Waals surface area (Å²) >= 11 is 0. The molecule has 0 unspecified atom stereocenters. The van der Waals surface area contributed by atoms with Gasteiger partial charge >= 0.3 is 0 Å². The van der Waals surface area contributed by atoms with Crippen LogP contribution in [0.5, 0.6) is 0 Å². The summed E-state index contributed by atoms with van der Waals surface area (Å²) in [6, 6.07) is 21.5. The highest BCUT2D eigenvalue weighted by Gasteiger charge is 2.35. The van der Waals surface area contributed by atoms with Crippen molar-refractivity contribution in [3.8, 4) is 0 Å². The SMILES string of the molecule is CCc1ccc(S(=O)(=O)N[C@H]2CC(C)(C)Nc3ccc(C(=O)N(CC)c4ccccc4)cc32)cc1. The zero-order valence-electron chi connectivity index (χ0n) is 20.7. The summed E-state index contributed by atoms with van der Waals surface area (Å²) < 4.78 is 29.5. The number of nitrogens with one attached hydrogen (secondary N) is 2. The number of rotatable bonds is 7. The molecule has 3 aromatic rings. The number of sulfonamides is 1. The van der Waals surface area contributed by atoms with Crippen LogP contribution in [0.25, 0.3) is 0 Å².